The molecule has 0 spiro atoms. The molecule has 0 aromatic heterocycles. The maximum Gasteiger partial charge on any atom is 0.295 e. The average molecular weight is 384 g/mol. The molecule has 1 fully saturated rings. The summed E-state index contributed by atoms with van der Waals surface area (Å²) in [5, 5.41) is -0.283. The second-order valence-corrected chi connectivity index (χ2v) is 6.92. The standard InChI is InChI=1S/C20H20N2O4S/c1-21(15-7-9-16(25-2)10-8-15)13-22-19(23)18(27-20(22)24)12-14-5-4-6-17(11-14)26-3/h4-12H,13H2,1-3H3. The summed E-state index contributed by atoms with van der Waals surface area (Å²) in [6.07, 6.45) is 1.71. The molecule has 0 unspecified atom stereocenters. The van der Waals surface area contributed by atoms with Crippen LogP contribution in [-0.2, 0) is 4.79 Å². The molecule has 3 rings (SSSR count). The molecule has 1 aliphatic rings. The third-order valence-corrected chi connectivity index (χ3v) is 5.04. The minimum Gasteiger partial charge on any atom is -0.497 e. The Hall–Kier alpha value is -2.93. The topological polar surface area (TPSA) is 59.1 Å². The molecular formula is C20H20N2O4S. The van der Waals surface area contributed by atoms with Gasteiger partial charge in [0.15, 0.2) is 0 Å². The molecule has 1 saturated heterocycles. The van der Waals surface area contributed by atoms with Crippen molar-refractivity contribution in [1.82, 2.24) is 4.90 Å². The quantitative estimate of drug-likeness (QED) is 0.706. The number of benzene rings is 2. The number of methoxy groups -OCH3 is 2. The van der Waals surface area contributed by atoms with Gasteiger partial charge in [-0.3, -0.25) is 9.59 Å². The van der Waals surface area contributed by atoms with E-state index in [9.17, 15) is 9.59 Å². The Balaban J connectivity index is 1.74. The number of hydrogen-bond donors (Lipinski definition) is 0. The molecule has 2 aromatic rings. The summed E-state index contributed by atoms with van der Waals surface area (Å²) < 4.78 is 10.3. The van der Waals surface area contributed by atoms with Gasteiger partial charge in [-0.2, -0.15) is 0 Å². The zero-order valence-corrected chi connectivity index (χ0v) is 16.2. The van der Waals surface area contributed by atoms with Gasteiger partial charge in [0.1, 0.15) is 18.2 Å². The summed E-state index contributed by atoms with van der Waals surface area (Å²) >= 11 is 0.944. The zero-order chi connectivity index (χ0) is 19.4. The van der Waals surface area contributed by atoms with Crippen LogP contribution in [0.3, 0.4) is 0 Å². The maximum atomic E-state index is 12.7. The molecular weight excluding hydrogens is 364 g/mol. The van der Waals surface area contributed by atoms with Crippen molar-refractivity contribution in [2.24, 2.45) is 0 Å². The summed E-state index contributed by atoms with van der Waals surface area (Å²) in [6, 6.07) is 14.8. The molecule has 0 atom stereocenters. The molecule has 7 heteroatoms. The summed E-state index contributed by atoms with van der Waals surface area (Å²) in [6.45, 7) is 0.173. The minimum absolute atomic E-state index is 0.173. The van der Waals surface area contributed by atoms with E-state index in [1.54, 1.807) is 20.3 Å². The Kier molecular flexibility index (Phi) is 5.71. The van der Waals surface area contributed by atoms with Crippen LogP contribution in [-0.4, -0.2) is 44.0 Å². The third-order valence-electron chi connectivity index (χ3n) is 4.13. The van der Waals surface area contributed by atoms with Gasteiger partial charge in [-0.05, 0) is 59.8 Å². The fourth-order valence-electron chi connectivity index (χ4n) is 2.64. The summed E-state index contributed by atoms with van der Waals surface area (Å²) in [5.41, 5.74) is 1.69. The van der Waals surface area contributed by atoms with Crippen molar-refractivity contribution in [2.45, 2.75) is 0 Å². The predicted molar refractivity (Wildman–Crippen MR) is 107 cm³/mol. The van der Waals surface area contributed by atoms with Gasteiger partial charge in [0.2, 0.25) is 0 Å². The van der Waals surface area contributed by atoms with E-state index in [-0.39, 0.29) is 17.8 Å². The fraction of sp³-hybridized carbons (Fsp3) is 0.200. The lowest BCUT2D eigenvalue weighted by Crippen LogP contribution is -2.38. The minimum atomic E-state index is -0.298. The van der Waals surface area contributed by atoms with Gasteiger partial charge in [-0.1, -0.05) is 12.1 Å². The molecule has 27 heavy (non-hydrogen) atoms. The van der Waals surface area contributed by atoms with Crippen LogP contribution >= 0.6 is 11.8 Å². The predicted octanol–water partition coefficient (Wildman–Crippen LogP) is 3.83. The molecule has 1 aliphatic heterocycles. The molecule has 2 aromatic carbocycles. The normalized spacial score (nSPS) is 15.4. The molecule has 0 aliphatic carbocycles. The first kappa shape index (κ1) is 18.8. The molecule has 0 radical (unpaired) electrons. The van der Waals surface area contributed by atoms with Crippen LogP contribution in [0.15, 0.2) is 53.4 Å². The molecule has 1 heterocycles. The summed E-state index contributed by atoms with van der Waals surface area (Å²) in [7, 11) is 5.02. The van der Waals surface area contributed by atoms with E-state index in [0.717, 1.165) is 28.8 Å². The van der Waals surface area contributed by atoms with Crippen LogP contribution in [0.5, 0.6) is 11.5 Å². The van der Waals surface area contributed by atoms with E-state index in [1.165, 1.54) is 4.90 Å². The number of rotatable bonds is 6. The SMILES string of the molecule is COc1ccc(N(C)CN2C(=O)SC(=Cc3cccc(OC)c3)C2=O)cc1. The van der Waals surface area contributed by atoms with Crippen molar-refractivity contribution < 1.29 is 19.1 Å². The highest BCUT2D eigenvalue weighted by Crippen LogP contribution is 2.33. The summed E-state index contributed by atoms with van der Waals surface area (Å²) in [5.74, 6) is 1.15. The molecule has 140 valence electrons. The van der Waals surface area contributed by atoms with E-state index < -0.39 is 0 Å². The first-order chi connectivity index (χ1) is 13.0. The summed E-state index contributed by atoms with van der Waals surface area (Å²) in [4.78, 5) is 28.5. The Labute approximate surface area is 162 Å². The largest absolute Gasteiger partial charge is 0.497 e. The van der Waals surface area contributed by atoms with Crippen LogP contribution in [0.1, 0.15) is 5.56 Å². The highest BCUT2D eigenvalue weighted by molar-refractivity contribution is 8.18. The fourth-order valence-corrected chi connectivity index (χ4v) is 3.47. The van der Waals surface area contributed by atoms with E-state index >= 15 is 0 Å². The lowest BCUT2D eigenvalue weighted by atomic mass is 10.2. The lowest BCUT2D eigenvalue weighted by molar-refractivity contribution is -0.122. The van der Waals surface area contributed by atoms with Crippen molar-refractivity contribution in [1.29, 1.82) is 0 Å². The van der Waals surface area contributed by atoms with Crippen molar-refractivity contribution in [3.05, 3.63) is 59.0 Å². The number of anilines is 1. The number of ether oxygens (including phenoxy) is 2. The molecule has 0 bridgehead atoms. The first-order valence-corrected chi connectivity index (χ1v) is 9.08. The monoisotopic (exact) mass is 384 g/mol. The molecule has 0 N–H and O–H groups in total. The number of carbonyl (C=O) groups excluding carboxylic acids is 2. The molecule has 6 nitrogen and oxygen atoms in total. The number of thioether (sulfide) groups is 1. The van der Waals surface area contributed by atoms with Gasteiger partial charge in [-0.25, -0.2) is 4.90 Å². The Bertz CT molecular complexity index is 880. The van der Waals surface area contributed by atoms with Crippen molar-refractivity contribution in [3.8, 4) is 11.5 Å². The number of amides is 2. The van der Waals surface area contributed by atoms with Gasteiger partial charge >= 0.3 is 0 Å². The van der Waals surface area contributed by atoms with Gasteiger partial charge < -0.3 is 14.4 Å². The Morgan fingerprint density at radius 2 is 1.74 bits per heavy atom. The second kappa shape index (κ2) is 8.18. The van der Waals surface area contributed by atoms with Crippen molar-refractivity contribution in [2.75, 3.05) is 32.8 Å². The maximum absolute atomic E-state index is 12.7. The van der Waals surface area contributed by atoms with Crippen molar-refractivity contribution in [3.63, 3.8) is 0 Å². The van der Waals surface area contributed by atoms with E-state index in [4.69, 9.17) is 9.47 Å². The van der Waals surface area contributed by atoms with E-state index in [1.807, 2.05) is 60.5 Å². The average Bonchev–Trinajstić information content (AvgIpc) is 2.95. The van der Waals surface area contributed by atoms with Crippen LogP contribution in [0.4, 0.5) is 10.5 Å². The van der Waals surface area contributed by atoms with Gasteiger partial charge in [0.05, 0.1) is 19.1 Å². The smallest absolute Gasteiger partial charge is 0.295 e. The Morgan fingerprint density at radius 1 is 1.04 bits per heavy atom. The van der Waals surface area contributed by atoms with Crippen LogP contribution < -0.4 is 14.4 Å². The molecule has 2 amide bonds. The highest BCUT2D eigenvalue weighted by Gasteiger charge is 2.35. The van der Waals surface area contributed by atoms with Gasteiger partial charge in [-0.15, -0.1) is 0 Å². The van der Waals surface area contributed by atoms with Crippen LogP contribution in [0.2, 0.25) is 0 Å². The van der Waals surface area contributed by atoms with E-state index in [0.29, 0.717) is 10.7 Å². The highest BCUT2D eigenvalue weighted by atomic mass is 32.2. The van der Waals surface area contributed by atoms with Gasteiger partial charge in [0.25, 0.3) is 11.1 Å². The third kappa shape index (κ3) is 4.25. The lowest BCUT2D eigenvalue weighted by Gasteiger charge is -2.24. The number of carbonyl (C=O) groups is 2. The molecule has 0 saturated carbocycles. The zero-order valence-electron chi connectivity index (χ0n) is 15.3. The van der Waals surface area contributed by atoms with Gasteiger partial charge in [0, 0.05) is 12.7 Å². The van der Waals surface area contributed by atoms with Crippen LogP contribution in [0.25, 0.3) is 6.08 Å². The van der Waals surface area contributed by atoms with Crippen molar-refractivity contribution >= 4 is 34.7 Å². The number of imide groups is 1. The second-order valence-electron chi connectivity index (χ2n) is 5.92. The number of hydrogen-bond acceptors (Lipinski definition) is 6. The number of nitrogens with zero attached hydrogens (tertiary/aromatic N) is 2. The van der Waals surface area contributed by atoms with Crippen LogP contribution in [0, 0.1) is 0 Å². The van der Waals surface area contributed by atoms with E-state index in [2.05, 4.69) is 0 Å². The Morgan fingerprint density at radius 3 is 2.41 bits per heavy atom. The first-order valence-electron chi connectivity index (χ1n) is 8.26.